The van der Waals surface area contributed by atoms with E-state index < -0.39 is 16.4 Å². The molecule has 166 valence electrons. The van der Waals surface area contributed by atoms with E-state index >= 15 is 0 Å². The van der Waals surface area contributed by atoms with E-state index in [1.165, 1.54) is 21.5 Å². The molecule has 9 nitrogen and oxygen atoms in total. The highest BCUT2D eigenvalue weighted by Crippen LogP contribution is 2.30. The van der Waals surface area contributed by atoms with Crippen LogP contribution in [0.4, 0.5) is 10.1 Å². The van der Waals surface area contributed by atoms with Crippen LogP contribution >= 0.6 is 0 Å². The van der Waals surface area contributed by atoms with E-state index in [9.17, 15) is 19.3 Å². The molecule has 2 aromatic carbocycles. The second-order valence-electron chi connectivity index (χ2n) is 8.24. The number of fused-ring (bicyclic) bond motifs is 4. The monoisotopic (exact) mass is 446 g/mol. The van der Waals surface area contributed by atoms with Crippen LogP contribution in [0.25, 0.3) is 38.9 Å². The summed E-state index contributed by atoms with van der Waals surface area (Å²) in [6.07, 6.45) is 2.25. The molecule has 0 aliphatic rings. The lowest BCUT2D eigenvalue weighted by Gasteiger charge is -2.09. The molecule has 0 aliphatic heterocycles. The quantitative estimate of drug-likeness (QED) is 0.293. The molecule has 10 heteroatoms. The normalized spacial score (nSPS) is 11.8. The summed E-state index contributed by atoms with van der Waals surface area (Å²) in [5, 5.41) is 11.6. The Hall–Kier alpha value is -4.21. The van der Waals surface area contributed by atoms with Crippen LogP contribution in [-0.4, -0.2) is 29.0 Å². The van der Waals surface area contributed by atoms with Gasteiger partial charge >= 0.3 is 5.69 Å². The molecule has 0 amide bonds. The molecule has 5 rings (SSSR count). The number of nitro benzene ring substituents is 1. The number of benzene rings is 2. The van der Waals surface area contributed by atoms with Crippen molar-refractivity contribution < 1.29 is 9.31 Å². The van der Waals surface area contributed by atoms with Crippen LogP contribution in [0, 0.1) is 21.8 Å². The van der Waals surface area contributed by atoms with Gasteiger partial charge in [-0.15, -0.1) is 0 Å². The van der Waals surface area contributed by atoms with Gasteiger partial charge in [0.05, 0.1) is 28.0 Å². The van der Waals surface area contributed by atoms with Crippen molar-refractivity contribution in [1.29, 1.82) is 0 Å². The third-order valence-corrected chi connectivity index (χ3v) is 5.56. The second-order valence-corrected chi connectivity index (χ2v) is 8.24. The highest BCUT2D eigenvalue weighted by atomic mass is 19.1. The molecule has 3 aromatic heterocycles. The second kappa shape index (κ2) is 7.73. The molecule has 0 unspecified atom stereocenters. The number of aromatic nitrogens is 5. The summed E-state index contributed by atoms with van der Waals surface area (Å²) in [7, 11) is 0. The van der Waals surface area contributed by atoms with Gasteiger partial charge < -0.3 is 0 Å². The first-order valence-corrected chi connectivity index (χ1v) is 10.5. The minimum Gasteiger partial charge on any atom is -0.299 e. The third-order valence-electron chi connectivity index (χ3n) is 5.56. The van der Waals surface area contributed by atoms with Gasteiger partial charge in [-0.05, 0) is 36.6 Å². The van der Waals surface area contributed by atoms with Crippen LogP contribution in [0.2, 0.25) is 0 Å². The smallest absolute Gasteiger partial charge is 0.299 e. The summed E-state index contributed by atoms with van der Waals surface area (Å²) in [6, 6.07) is 10.7. The van der Waals surface area contributed by atoms with Gasteiger partial charge in [-0.1, -0.05) is 26.0 Å². The number of hydrogen-bond donors (Lipinski definition) is 0. The third kappa shape index (κ3) is 3.39. The van der Waals surface area contributed by atoms with Gasteiger partial charge in [0.15, 0.2) is 11.3 Å². The molecule has 5 aromatic rings. The number of aryl methyl sites for hydroxylation is 1. The number of para-hydroxylation sites is 2. The maximum absolute atomic E-state index is 14.0. The molecule has 0 radical (unpaired) electrons. The van der Waals surface area contributed by atoms with Gasteiger partial charge in [0.2, 0.25) is 5.82 Å². The number of nitrogens with zero attached hydrogens (tertiary/aromatic N) is 6. The molecule has 3 heterocycles. The Morgan fingerprint density at radius 1 is 1.09 bits per heavy atom. The number of halogens is 1. The number of nitro groups is 1. The fraction of sp³-hybridized carbons (Fsp3) is 0.217. The maximum atomic E-state index is 14.0. The molecule has 0 N–H and O–H groups in total. The van der Waals surface area contributed by atoms with Gasteiger partial charge in [-0.25, -0.2) is 15.0 Å². The van der Waals surface area contributed by atoms with Crippen molar-refractivity contribution in [3.8, 4) is 5.69 Å². The van der Waals surface area contributed by atoms with Crippen LogP contribution < -0.4 is 5.56 Å². The van der Waals surface area contributed by atoms with Gasteiger partial charge in [-0.2, -0.15) is 4.39 Å². The Morgan fingerprint density at radius 3 is 2.52 bits per heavy atom. The Kier molecular flexibility index (Phi) is 4.85. The van der Waals surface area contributed by atoms with E-state index in [1.807, 2.05) is 12.1 Å². The Morgan fingerprint density at radius 2 is 1.82 bits per heavy atom. The summed E-state index contributed by atoms with van der Waals surface area (Å²) in [4.78, 5) is 37.8. The van der Waals surface area contributed by atoms with Crippen molar-refractivity contribution in [2.45, 2.75) is 26.8 Å². The average Bonchev–Trinajstić information content (AvgIpc) is 3.11. The standard InChI is InChI=1S/C23H19FN6O3/c1-13(2)9-10-28-12-25-21-19(23(28)31)20-22(27-17-6-4-3-5-16(17)26-20)29(21)14-7-8-15(24)18(11-14)30(32)33/h3-8,11-13H,9-10H2,1-2H3. The molecule has 33 heavy (non-hydrogen) atoms. The van der Waals surface area contributed by atoms with Crippen LogP contribution in [0.3, 0.4) is 0 Å². The largest absolute Gasteiger partial charge is 0.306 e. The predicted molar refractivity (Wildman–Crippen MR) is 122 cm³/mol. The zero-order chi connectivity index (χ0) is 23.3. The lowest BCUT2D eigenvalue weighted by Crippen LogP contribution is -2.21. The van der Waals surface area contributed by atoms with E-state index in [4.69, 9.17) is 0 Å². The van der Waals surface area contributed by atoms with Crippen molar-refractivity contribution in [2.75, 3.05) is 0 Å². The van der Waals surface area contributed by atoms with Gasteiger partial charge in [-0.3, -0.25) is 24.0 Å². The topological polar surface area (TPSA) is 109 Å². The van der Waals surface area contributed by atoms with Crippen LogP contribution in [-0.2, 0) is 6.54 Å². The SMILES string of the molecule is CC(C)CCn1cnc2c(c1=O)c1nc3ccccc3nc1n2-c1ccc(F)c([N+](=O)[O-])c1. The molecule has 0 saturated heterocycles. The fourth-order valence-corrected chi connectivity index (χ4v) is 3.85. The minimum absolute atomic E-state index is 0.256. The Bertz CT molecular complexity index is 1620. The minimum atomic E-state index is -0.954. The number of hydrogen-bond acceptors (Lipinski definition) is 6. The Balaban J connectivity index is 1.89. The summed E-state index contributed by atoms with van der Waals surface area (Å²) in [5.41, 5.74) is 1.42. The van der Waals surface area contributed by atoms with Gasteiger partial charge in [0.1, 0.15) is 10.9 Å². The first-order chi connectivity index (χ1) is 15.8. The molecule has 0 spiro atoms. The summed E-state index contributed by atoms with van der Waals surface area (Å²) < 4.78 is 17.1. The molecule has 0 aliphatic carbocycles. The lowest BCUT2D eigenvalue weighted by atomic mass is 10.1. The Labute approximate surface area is 186 Å². The molecular formula is C23H19FN6O3. The molecule has 0 saturated carbocycles. The van der Waals surface area contributed by atoms with E-state index in [1.54, 1.807) is 12.1 Å². The summed E-state index contributed by atoms with van der Waals surface area (Å²) in [5.74, 6) is -0.553. The van der Waals surface area contributed by atoms with E-state index in [2.05, 4.69) is 28.8 Å². The fourth-order valence-electron chi connectivity index (χ4n) is 3.85. The lowest BCUT2D eigenvalue weighted by molar-refractivity contribution is -0.387. The van der Waals surface area contributed by atoms with Crippen LogP contribution in [0.5, 0.6) is 0 Å². The van der Waals surface area contributed by atoms with Crippen molar-refractivity contribution in [2.24, 2.45) is 5.92 Å². The zero-order valence-electron chi connectivity index (χ0n) is 17.9. The molecule has 0 atom stereocenters. The molecular weight excluding hydrogens is 427 g/mol. The van der Waals surface area contributed by atoms with E-state index in [0.29, 0.717) is 34.7 Å². The first-order valence-electron chi connectivity index (χ1n) is 10.5. The molecule has 0 fully saturated rings. The van der Waals surface area contributed by atoms with Crippen molar-refractivity contribution >= 4 is 38.9 Å². The molecule has 0 bridgehead atoms. The predicted octanol–water partition coefficient (Wildman–Crippen LogP) is 4.38. The van der Waals surface area contributed by atoms with Crippen molar-refractivity contribution in [3.63, 3.8) is 0 Å². The highest BCUT2D eigenvalue weighted by Gasteiger charge is 2.23. The van der Waals surface area contributed by atoms with E-state index in [-0.39, 0.29) is 22.3 Å². The average molecular weight is 446 g/mol. The van der Waals surface area contributed by atoms with Crippen LogP contribution in [0.15, 0.2) is 53.6 Å². The van der Waals surface area contributed by atoms with Crippen molar-refractivity contribution in [1.82, 2.24) is 24.1 Å². The summed E-state index contributed by atoms with van der Waals surface area (Å²) in [6.45, 7) is 4.64. The first kappa shape index (κ1) is 20.7. The highest BCUT2D eigenvalue weighted by molar-refractivity contribution is 6.05. The van der Waals surface area contributed by atoms with E-state index in [0.717, 1.165) is 18.6 Å². The van der Waals surface area contributed by atoms with Gasteiger partial charge in [0.25, 0.3) is 5.56 Å². The van der Waals surface area contributed by atoms with Crippen molar-refractivity contribution in [3.05, 3.63) is 75.1 Å². The summed E-state index contributed by atoms with van der Waals surface area (Å²) >= 11 is 0. The van der Waals surface area contributed by atoms with Gasteiger partial charge in [0, 0.05) is 12.6 Å². The zero-order valence-corrected chi connectivity index (χ0v) is 17.9. The number of rotatable bonds is 5. The maximum Gasteiger partial charge on any atom is 0.306 e. The van der Waals surface area contributed by atoms with Crippen LogP contribution in [0.1, 0.15) is 20.3 Å².